The Kier molecular flexibility index (Phi) is 3.71. The molecule has 2 rings (SSSR count). The molecule has 5 nitrogen and oxygen atoms in total. The molecule has 0 saturated heterocycles. The lowest BCUT2D eigenvalue weighted by Crippen LogP contribution is -2.17. The number of carbonyl (C=O) groups excluding carboxylic acids is 1. The molecule has 0 spiro atoms. The molecule has 0 bridgehead atoms. The zero-order valence-electron chi connectivity index (χ0n) is 10.9. The fourth-order valence-electron chi connectivity index (χ4n) is 1.70. The van der Waals surface area contributed by atoms with E-state index in [-0.39, 0.29) is 11.5 Å². The van der Waals surface area contributed by atoms with Crippen molar-refractivity contribution in [2.24, 2.45) is 0 Å². The first-order chi connectivity index (χ1) is 9.51. The monoisotopic (exact) mass is 270 g/mol. The second-order valence-corrected chi connectivity index (χ2v) is 4.21. The quantitative estimate of drug-likeness (QED) is 0.908. The third-order valence-electron chi connectivity index (χ3n) is 2.71. The first kappa shape index (κ1) is 13.6. The zero-order valence-corrected chi connectivity index (χ0v) is 10.9. The molecule has 0 aromatic carbocycles. The van der Waals surface area contributed by atoms with Crippen molar-refractivity contribution in [3.8, 4) is 6.07 Å². The highest BCUT2D eigenvalue weighted by Gasteiger charge is 2.15. The Balaban J connectivity index is 2.32. The molecule has 0 aliphatic carbocycles. The maximum Gasteiger partial charge on any atom is 0.275 e. The van der Waals surface area contributed by atoms with Gasteiger partial charge < -0.3 is 5.32 Å². The van der Waals surface area contributed by atoms with Gasteiger partial charge in [0.25, 0.3) is 5.91 Å². The molecule has 20 heavy (non-hydrogen) atoms. The SMILES string of the molecule is Cc1cc(C#N)c(C)c(C(=O)Nc2ccc(F)cn2)n1. The van der Waals surface area contributed by atoms with Gasteiger partial charge in [0.15, 0.2) is 0 Å². The molecule has 6 heteroatoms. The third kappa shape index (κ3) is 2.78. The average Bonchev–Trinajstić information content (AvgIpc) is 2.43. The lowest BCUT2D eigenvalue weighted by molar-refractivity contribution is 0.102. The van der Waals surface area contributed by atoms with Gasteiger partial charge in [0.1, 0.15) is 17.3 Å². The molecule has 2 heterocycles. The summed E-state index contributed by atoms with van der Waals surface area (Å²) < 4.78 is 12.7. The standard InChI is InChI=1S/C14H11FN4O/c1-8-5-10(6-16)9(2)13(18-8)14(20)19-12-4-3-11(15)7-17-12/h3-5,7H,1-2H3,(H,17,19,20). The Labute approximate surface area is 115 Å². The van der Waals surface area contributed by atoms with Crippen LogP contribution in [-0.2, 0) is 0 Å². The van der Waals surface area contributed by atoms with Crippen LogP contribution in [0.15, 0.2) is 24.4 Å². The molecule has 0 atom stereocenters. The number of nitrogens with one attached hydrogen (secondary N) is 1. The highest BCUT2D eigenvalue weighted by molar-refractivity contribution is 6.03. The fraction of sp³-hybridized carbons (Fsp3) is 0.143. The number of pyridine rings is 2. The average molecular weight is 270 g/mol. The van der Waals surface area contributed by atoms with Gasteiger partial charge in [-0.1, -0.05) is 0 Å². The summed E-state index contributed by atoms with van der Waals surface area (Å²) in [5.74, 6) is -0.751. The number of aromatic nitrogens is 2. The minimum absolute atomic E-state index is 0.160. The van der Waals surface area contributed by atoms with Gasteiger partial charge in [-0.15, -0.1) is 0 Å². The molecule has 2 aromatic rings. The van der Waals surface area contributed by atoms with Gasteiger partial charge in [0.05, 0.1) is 17.8 Å². The van der Waals surface area contributed by atoms with E-state index in [0.29, 0.717) is 16.8 Å². The molecule has 0 unspecified atom stereocenters. The lowest BCUT2D eigenvalue weighted by atomic mass is 10.1. The lowest BCUT2D eigenvalue weighted by Gasteiger charge is -2.08. The molecule has 1 N–H and O–H groups in total. The van der Waals surface area contributed by atoms with E-state index in [9.17, 15) is 9.18 Å². The van der Waals surface area contributed by atoms with Crippen LogP contribution in [0, 0.1) is 31.0 Å². The van der Waals surface area contributed by atoms with Gasteiger partial charge in [0.2, 0.25) is 0 Å². The summed E-state index contributed by atoms with van der Waals surface area (Å²) >= 11 is 0. The van der Waals surface area contributed by atoms with Crippen LogP contribution in [0.1, 0.15) is 27.3 Å². The Morgan fingerprint density at radius 2 is 2.15 bits per heavy atom. The largest absolute Gasteiger partial charge is 0.305 e. The zero-order chi connectivity index (χ0) is 14.7. The summed E-state index contributed by atoms with van der Waals surface area (Å²) in [5.41, 5.74) is 1.63. The van der Waals surface area contributed by atoms with Crippen molar-refractivity contribution in [1.29, 1.82) is 5.26 Å². The topological polar surface area (TPSA) is 78.7 Å². The van der Waals surface area contributed by atoms with Crippen molar-refractivity contribution in [2.75, 3.05) is 5.32 Å². The van der Waals surface area contributed by atoms with E-state index in [0.717, 1.165) is 6.20 Å². The number of anilines is 1. The van der Waals surface area contributed by atoms with Gasteiger partial charge in [0, 0.05) is 5.69 Å². The van der Waals surface area contributed by atoms with Crippen LogP contribution in [0.3, 0.4) is 0 Å². The van der Waals surface area contributed by atoms with Crippen LogP contribution in [0.25, 0.3) is 0 Å². The third-order valence-corrected chi connectivity index (χ3v) is 2.71. The molecule has 0 aliphatic heterocycles. The minimum atomic E-state index is -0.486. The van der Waals surface area contributed by atoms with Crippen LogP contribution < -0.4 is 5.32 Å². The second kappa shape index (κ2) is 5.45. The number of rotatable bonds is 2. The number of hydrogen-bond acceptors (Lipinski definition) is 4. The van der Waals surface area contributed by atoms with Gasteiger partial charge in [-0.25, -0.2) is 14.4 Å². The molecule has 0 saturated carbocycles. The molecule has 0 aliphatic rings. The van der Waals surface area contributed by atoms with Gasteiger partial charge in [-0.05, 0) is 37.6 Å². The first-order valence-electron chi connectivity index (χ1n) is 5.82. The number of hydrogen-bond donors (Lipinski definition) is 1. The Morgan fingerprint density at radius 1 is 1.40 bits per heavy atom. The van der Waals surface area contributed by atoms with Crippen molar-refractivity contribution in [3.63, 3.8) is 0 Å². The molecule has 1 amide bonds. The number of halogens is 1. The van der Waals surface area contributed by atoms with E-state index < -0.39 is 11.7 Å². The van der Waals surface area contributed by atoms with Gasteiger partial charge in [-0.2, -0.15) is 5.26 Å². The van der Waals surface area contributed by atoms with E-state index in [1.165, 1.54) is 12.1 Å². The fourth-order valence-corrected chi connectivity index (χ4v) is 1.70. The predicted octanol–water partition coefficient (Wildman–Crippen LogP) is 2.36. The van der Waals surface area contributed by atoms with Crippen molar-refractivity contribution in [1.82, 2.24) is 9.97 Å². The van der Waals surface area contributed by atoms with Gasteiger partial charge >= 0.3 is 0 Å². The van der Waals surface area contributed by atoms with Crippen molar-refractivity contribution in [3.05, 3.63) is 52.7 Å². The summed E-state index contributed by atoms with van der Waals surface area (Å²) in [7, 11) is 0. The first-order valence-corrected chi connectivity index (χ1v) is 5.82. The second-order valence-electron chi connectivity index (χ2n) is 4.21. The van der Waals surface area contributed by atoms with E-state index in [1.807, 2.05) is 6.07 Å². The number of aryl methyl sites for hydroxylation is 1. The van der Waals surface area contributed by atoms with Crippen molar-refractivity contribution in [2.45, 2.75) is 13.8 Å². The molecular weight excluding hydrogens is 259 g/mol. The smallest absolute Gasteiger partial charge is 0.275 e. The highest BCUT2D eigenvalue weighted by atomic mass is 19.1. The highest BCUT2D eigenvalue weighted by Crippen LogP contribution is 2.14. The van der Waals surface area contributed by atoms with E-state index in [1.54, 1.807) is 19.9 Å². The molecule has 0 radical (unpaired) electrons. The van der Waals surface area contributed by atoms with E-state index >= 15 is 0 Å². The van der Waals surface area contributed by atoms with Crippen LogP contribution in [-0.4, -0.2) is 15.9 Å². The van der Waals surface area contributed by atoms with Crippen molar-refractivity contribution < 1.29 is 9.18 Å². The molecule has 100 valence electrons. The van der Waals surface area contributed by atoms with Crippen LogP contribution in [0.2, 0.25) is 0 Å². The summed E-state index contributed by atoms with van der Waals surface area (Å²) in [6.07, 6.45) is 1.01. The summed E-state index contributed by atoms with van der Waals surface area (Å²) in [6, 6.07) is 6.18. The summed E-state index contributed by atoms with van der Waals surface area (Å²) in [5, 5.41) is 11.5. The van der Waals surface area contributed by atoms with Crippen molar-refractivity contribution >= 4 is 11.7 Å². The molecular formula is C14H11FN4O. The Bertz CT molecular complexity index is 704. The van der Waals surface area contributed by atoms with E-state index in [2.05, 4.69) is 15.3 Å². The van der Waals surface area contributed by atoms with Gasteiger partial charge in [-0.3, -0.25) is 4.79 Å². The minimum Gasteiger partial charge on any atom is -0.305 e. The maximum atomic E-state index is 12.7. The number of carbonyl (C=O) groups is 1. The summed E-state index contributed by atoms with van der Waals surface area (Å²) in [4.78, 5) is 20.0. The van der Waals surface area contributed by atoms with Crippen LogP contribution >= 0.6 is 0 Å². The molecule has 0 fully saturated rings. The van der Waals surface area contributed by atoms with Crippen LogP contribution in [0.4, 0.5) is 10.2 Å². The number of amides is 1. The maximum absolute atomic E-state index is 12.7. The predicted molar refractivity (Wildman–Crippen MR) is 70.6 cm³/mol. The van der Waals surface area contributed by atoms with Crippen LogP contribution in [0.5, 0.6) is 0 Å². The Morgan fingerprint density at radius 3 is 2.75 bits per heavy atom. The Hall–Kier alpha value is -2.81. The number of nitrogens with zero attached hydrogens (tertiary/aromatic N) is 3. The summed E-state index contributed by atoms with van der Waals surface area (Å²) in [6.45, 7) is 3.35. The van der Waals surface area contributed by atoms with E-state index in [4.69, 9.17) is 5.26 Å². The normalized spacial score (nSPS) is 9.90. The molecule has 2 aromatic heterocycles. The number of nitriles is 1.